The van der Waals surface area contributed by atoms with E-state index in [9.17, 15) is 14.4 Å². The molecule has 0 saturated carbocycles. The quantitative estimate of drug-likeness (QED) is 0.627. The smallest absolute Gasteiger partial charge is 0.325 e. The zero-order chi connectivity index (χ0) is 19.8. The SMILES string of the molecule is Cc1cc(C(=O)CN2C(=O)CNC2=O)c(C)n1CC1COc2ccccc2O1. The Morgan fingerprint density at radius 1 is 1.21 bits per heavy atom. The molecule has 1 aromatic heterocycles. The highest BCUT2D eigenvalue weighted by atomic mass is 16.6. The van der Waals surface area contributed by atoms with Crippen molar-refractivity contribution in [3.8, 4) is 11.5 Å². The predicted molar refractivity (Wildman–Crippen MR) is 99.7 cm³/mol. The summed E-state index contributed by atoms with van der Waals surface area (Å²) in [4.78, 5) is 37.0. The zero-order valence-corrected chi connectivity index (χ0v) is 15.7. The number of hydrogen-bond donors (Lipinski definition) is 1. The number of aryl methyl sites for hydroxylation is 1. The average molecular weight is 383 g/mol. The van der Waals surface area contributed by atoms with Gasteiger partial charge in [-0.15, -0.1) is 0 Å². The maximum absolute atomic E-state index is 12.7. The van der Waals surface area contributed by atoms with Gasteiger partial charge in [-0.1, -0.05) is 12.1 Å². The summed E-state index contributed by atoms with van der Waals surface area (Å²) in [6, 6.07) is 8.77. The van der Waals surface area contributed by atoms with Crippen LogP contribution in [0.25, 0.3) is 0 Å². The summed E-state index contributed by atoms with van der Waals surface area (Å²) >= 11 is 0. The van der Waals surface area contributed by atoms with Gasteiger partial charge in [-0.2, -0.15) is 0 Å². The minimum atomic E-state index is -0.529. The molecule has 146 valence electrons. The number of urea groups is 1. The Morgan fingerprint density at radius 2 is 1.96 bits per heavy atom. The number of ketones is 1. The molecule has 2 aromatic rings. The molecular formula is C20H21N3O5. The molecule has 2 aliphatic heterocycles. The molecule has 0 aliphatic carbocycles. The number of amides is 3. The molecule has 28 heavy (non-hydrogen) atoms. The Labute approximate surface area is 162 Å². The second-order valence-electron chi connectivity index (χ2n) is 6.95. The number of nitrogens with zero attached hydrogens (tertiary/aromatic N) is 2. The largest absolute Gasteiger partial charge is 0.486 e. The third-order valence-electron chi connectivity index (χ3n) is 5.07. The Bertz CT molecular complexity index is 949. The van der Waals surface area contributed by atoms with Gasteiger partial charge >= 0.3 is 6.03 Å². The third kappa shape index (κ3) is 3.21. The Morgan fingerprint density at radius 3 is 2.68 bits per heavy atom. The number of nitrogens with one attached hydrogen (secondary N) is 1. The number of fused-ring (bicyclic) bond motifs is 1. The molecule has 3 heterocycles. The molecule has 2 aliphatic rings. The van der Waals surface area contributed by atoms with E-state index in [0.29, 0.717) is 24.5 Å². The van der Waals surface area contributed by atoms with Gasteiger partial charge in [-0.25, -0.2) is 4.79 Å². The topological polar surface area (TPSA) is 89.9 Å². The maximum atomic E-state index is 12.7. The second-order valence-corrected chi connectivity index (χ2v) is 6.95. The number of para-hydroxylation sites is 2. The summed E-state index contributed by atoms with van der Waals surface area (Å²) in [6.07, 6.45) is -0.186. The summed E-state index contributed by atoms with van der Waals surface area (Å²) in [5.41, 5.74) is 2.18. The van der Waals surface area contributed by atoms with Gasteiger partial charge in [-0.3, -0.25) is 14.5 Å². The number of ether oxygens (including phenoxy) is 2. The van der Waals surface area contributed by atoms with Gasteiger partial charge in [-0.05, 0) is 32.0 Å². The molecule has 1 N–H and O–H groups in total. The molecule has 1 aromatic carbocycles. The first-order valence-corrected chi connectivity index (χ1v) is 9.10. The zero-order valence-electron chi connectivity index (χ0n) is 15.7. The fourth-order valence-electron chi connectivity index (χ4n) is 3.57. The van der Waals surface area contributed by atoms with Crippen LogP contribution in [0.15, 0.2) is 30.3 Å². The van der Waals surface area contributed by atoms with E-state index in [4.69, 9.17) is 9.47 Å². The summed E-state index contributed by atoms with van der Waals surface area (Å²) < 4.78 is 13.8. The standard InChI is InChI=1S/C20H21N3O5/c1-12-7-15(16(24)10-23-19(25)8-21-20(23)26)13(2)22(12)9-14-11-27-17-5-3-4-6-18(17)28-14/h3-7,14H,8-11H2,1-2H3,(H,21,26). The van der Waals surface area contributed by atoms with Crippen LogP contribution in [0.3, 0.4) is 0 Å². The van der Waals surface area contributed by atoms with E-state index in [-0.39, 0.29) is 25.0 Å². The number of carbonyl (C=O) groups is 3. The monoisotopic (exact) mass is 383 g/mol. The molecule has 3 amide bonds. The second kappa shape index (κ2) is 7.03. The van der Waals surface area contributed by atoms with Crippen molar-refractivity contribution >= 4 is 17.7 Å². The maximum Gasteiger partial charge on any atom is 0.325 e. The van der Waals surface area contributed by atoms with Gasteiger partial charge < -0.3 is 19.4 Å². The molecule has 1 saturated heterocycles. The van der Waals surface area contributed by atoms with Crippen LogP contribution in [0.4, 0.5) is 4.79 Å². The van der Waals surface area contributed by atoms with Crippen molar-refractivity contribution in [2.75, 3.05) is 19.7 Å². The highest BCUT2D eigenvalue weighted by Crippen LogP contribution is 2.31. The number of imide groups is 1. The van der Waals surface area contributed by atoms with Crippen LogP contribution in [0.2, 0.25) is 0 Å². The molecule has 8 heteroatoms. The summed E-state index contributed by atoms with van der Waals surface area (Å²) in [7, 11) is 0. The van der Waals surface area contributed by atoms with Gasteiger partial charge in [0.25, 0.3) is 0 Å². The minimum Gasteiger partial charge on any atom is -0.486 e. The van der Waals surface area contributed by atoms with E-state index in [1.54, 1.807) is 6.07 Å². The number of carbonyl (C=O) groups excluding carboxylic acids is 3. The predicted octanol–water partition coefficient (Wildman–Crippen LogP) is 1.68. The van der Waals surface area contributed by atoms with Gasteiger partial charge in [0.1, 0.15) is 6.61 Å². The van der Waals surface area contributed by atoms with Crippen molar-refractivity contribution in [2.45, 2.75) is 26.5 Å². The summed E-state index contributed by atoms with van der Waals surface area (Å²) in [5.74, 6) is 0.773. The van der Waals surface area contributed by atoms with E-state index in [1.165, 1.54) is 0 Å². The first-order chi connectivity index (χ1) is 13.4. The Hall–Kier alpha value is -3.29. The molecule has 8 nitrogen and oxygen atoms in total. The lowest BCUT2D eigenvalue weighted by atomic mass is 10.1. The fourth-order valence-corrected chi connectivity index (χ4v) is 3.57. The van der Waals surface area contributed by atoms with E-state index in [1.807, 2.05) is 42.7 Å². The van der Waals surface area contributed by atoms with Gasteiger partial charge in [0.15, 0.2) is 23.4 Å². The van der Waals surface area contributed by atoms with E-state index < -0.39 is 11.9 Å². The third-order valence-corrected chi connectivity index (χ3v) is 5.07. The minimum absolute atomic E-state index is 0.0639. The highest BCUT2D eigenvalue weighted by Gasteiger charge is 2.31. The van der Waals surface area contributed by atoms with Gasteiger partial charge in [0, 0.05) is 17.0 Å². The van der Waals surface area contributed by atoms with Crippen LogP contribution in [0.1, 0.15) is 21.7 Å². The van der Waals surface area contributed by atoms with Crippen LogP contribution in [0.5, 0.6) is 11.5 Å². The molecule has 1 unspecified atom stereocenters. The summed E-state index contributed by atoms with van der Waals surface area (Å²) in [6.45, 7) is 4.39. The van der Waals surface area contributed by atoms with Crippen molar-refractivity contribution in [2.24, 2.45) is 0 Å². The molecule has 0 bridgehead atoms. The lowest BCUT2D eigenvalue weighted by molar-refractivity contribution is -0.124. The van der Waals surface area contributed by atoms with Crippen LogP contribution < -0.4 is 14.8 Å². The number of aromatic nitrogens is 1. The molecule has 4 rings (SSSR count). The van der Waals surface area contributed by atoms with E-state index in [2.05, 4.69) is 5.32 Å². The van der Waals surface area contributed by atoms with E-state index in [0.717, 1.165) is 22.0 Å². The van der Waals surface area contributed by atoms with Crippen LogP contribution in [0, 0.1) is 13.8 Å². The van der Waals surface area contributed by atoms with Crippen molar-refractivity contribution in [3.63, 3.8) is 0 Å². The summed E-state index contributed by atoms with van der Waals surface area (Å²) in [5, 5.41) is 2.42. The van der Waals surface area contributed by atoms with Crippen molar-refractivity contribution in [1.29, 1.82) is 0 Å². The van der Waals surface area contributed by atoms with Gasteiger partial charge in [0.2, 0.25) is 5.91 Å². The Kier molecular flexibility index (Phi) is 4.54. The highest BCUT2D eigenvalue weighted by molar-refractivity contribution is 6.08. The van der Waals surface area contributed by atoms with Gasteiger partial charge in [0.05, 0.1) is 19.6 Å². The molecule has 1 atom stereocenters. The number of benzene rings is 1. The molecule has 0 radical (unpaired) electrons. The molecule has 0 spiro atoms. The fraction of sp³-hybridized carbons (Fsp3) is 0.350. The average Bonchev–Trinajstić information content (AvgIpc) is 3.15. The van der Waals surface area contributed by atoms with Crippen LogP contribution in [-0.2, 0) is 11.3 Å². The number of Topliss-reactive ketones (excluding diaryl/α,β-unsaturated/α-hetero) is 1. The molecular weight excluding hydrogens is 362 g/mol. The number of hydrogen-bond acceptors (Lipinski definition) is 5. The number of rotatable bonds is 5. The lowest BCUT2D eigenvalue weighted by Gasteiger charge is -2.27. The van der Waals surface area contributed by atoms with Crippen LogP contribution in [-0.4, -0.2) is 53.0 Å². The first kappa shape index (κ1) is 18.1. The molecule has 1 fully saturated rings. The first-order valence-electron chi connectivity index (χ1n) is 9.10. The lowest BCUT2D eigenvalue weighted by Crippen LogP contribution is -2.36. The van der Waals surface area contributed by atoms with Crippen molar-refractivity contribution < 1.29 is 23.9 Å². The van der Waals surface area contributed by atoms with Crippen molar-refractivity contribution in [3.05, 3.63) is 47.3 Å². The van der Waals surface area contributed by atoms with Crippen LogP contribution >= 0.6 is 0 Å². The Balaban J connectivity index is 1.49. The van der Waals surface area contributed by atoms with Crippen molar-refractivity contribution in [1.82, 2.24) is 14.8 Å². The van der Waals surface area contributed by atoms with E-state index >= 15 is 0 Å². The normalized spacial score (nSPS) is 18.4.